The van der Waals surface area contributed by atoms with Crippen molar-refractivity contribution < 1.29 is 14.3 Å². The van der Waals surface area contributed by atoms with E-state index in [1.165, 1.54) is 16.4 Å². The molecule has 0 aliphatic heterocycles. The average molecular weight is 399 g/mol. The summed E-state index contributed by atoms with van der Waals surface area (Å²) in [6.45, 7) is 2.49. The van der Waals surface area contributed by atoms with Gasteiger partial charge in [-0.3, -0.25) is 4.79 Å². The first-order valence-corrected chi connectivity index (χ1v) is 9.59. The van der Waals surface area contributed by atoms with Crippen LogP contribution in [-0.2, 0) is 4.79 Å². The van der Waals surface area contributed by atoms with E-state index in [9.17, 15) is 4.79 Å². The summed E-state index contributed by atoms with van der Waals surface area (Å²) < 4.78 is 12.0. The molecule has 0 saturated carbocycles. The zero-order chi connectivity index (χ0) is 19.9. The number of hydrogen-bond donors (Lipinski definition) is 2. The van der Waals surface area contributed by atoms with Crippen molar-refractivity contribution in [3.8, 4) is 22.9 Å². The first-order valence-electron chi connectivity index (χ1n) is 8.61. The number of aromatic nitrogens is 3. The number of methoxy groups -OCH3 is 1. The lowest BCUT2D eigenvalue weighted by molar-refractivity contribution is -0.113. The number of anilines is 1. The van der Waals surface area contributed by atoms with Gasteiger partial charge in [0.15, 0.2) is 5.82 Å². The van der Waals surface area contributed by atoms with E-state index < -0.39 is 0 Å². The Kier molecular flexibility index (Phi) is 6.38. The topological polar surface area (TPSA) is 104 Å². The Bertz CT molecular complexity index is 943. The van der Waals surface area contributed by atoms with Crippen molar-refractivity contribution >= 4 is 23.4 Å². The van der Waals surface area contributed by atoms with Gasteiger partial charge < -0.3 is 20.6 Å². The normalized spacial score (nSPS) is 10.5. The molecule has 28 heavy (non-hydrogen) atoms. The maximum atomic E-state index is 12.2. The summed E-state index contributed by atoms with van der Waals surface area (Å²) >= 11 is 1.21. The number of hydrogen-bond acceptors (Lipinski definition) is 7. The van der Waals surface area contributed by atoms with Crippen molar-refractivity contribution in [3.63, 3.8) is 0 Å². The highest BCUT2D eigenvalue weighted by Gasteiger charge is 2.14. The molecule has 1 heterocycles. The van der Waals surface area contributed by atoms with Gasteiger partial charge in [-0.15, -0.1) is 10.2 Å². The van der Waals surface area contributed by atoms with E-state index in [0.29, 0.717) is 23.3 Å². The van der Waals surface area contributed by atoms with Gasteiger partial charge in [-0.05, 0) is 43.3 Å². The molecule has 0 fully saturated rings. The van der Waals surface area contributed by atoms with Crippen LogP contribution in [0.15, 0.2) is 53.7 Å². The number of carbonyl (C=O) groups excluding carboxylic acids is 1. The number of nitrogen functional groups attached to an aromatic ring is 1. The van der Waals surface area contributed by atoms with Gasteiger partial charge in [0.1, 0.15) is 11.5 Å². The molecule has 1 aromatic heterocycles. The fraction of sp³-hybridized carbons (Fsp3) is 0.211. The van der Waals surface area contributed by atoms with E-state index in [1.54, 1.807) is 31.4 Å². The predicted molar refractivity (Wildman–Crippen MR) is 109 cm³/mol. The van der Waals surface area contributed by atoms with Crippen LogP contribution in [0.2, 0.25) is 0 Å². The van der Waals surface area contributed by atoms with Crippen LogP contribution in [-0.4, -0.2) is 40.3 Å². The molecule has 3 aromatic rings. The minimum Gasteiger partial charge on any atom is -0.497 e. The van der Waals surface area contributed by atoms with Gasteiger partial charge >= 0.3 is 0 Å². The van der Waals surface area contributed by atoms with Crippen molar-refractivity contribution in [1.29, 1.82) is 0 Å². The molecule has 146 valence electrons. The lowest BCUT2D eigenvalue weighted by Crippen LogP contribution is -2.16. The van der Waals surface area contributed by atoms with Crippen molar-refractivity contribution in [2.45, 2.75) is 12.1 Å². The molecule has 8 nitrogen and oxygen atoms in total. The maximum Gasteiger partial charge on any atom is 0.234 e. The average Bonchev–Trinajstić information content (AvgIpc) is 3.08. The number of nitrogens with two attached hydrogens (primary N) is 1. The van der Waals surface area contributed by atoms with E-state index in [0.717, 1.165) is 17.1 Å². The zero-order valence-electron chi connectivity index (χ0n) is 15.6. The molecule has 0 radical (unpaired) electrons. The number of nitrogens with one attached hydrogen (secondary N) is 1. The van der Waals surface area contributed by atoms with Crippen molar-refractivity contribution in [2.24, 2.45) is 0 Å². The van der Waals surface area contributed by atoms with Gasteiger partial charge in [0.05, 0.1) is 19.5 Å². The van der Waals surface area contributed by atoms with Gasteiger partial charge in [-0.25, -0.2) is 4.68 Å². The Morgan fingerprint density at radius 1 is 1.18 bits per heavy atom. The van der Waals surface area contributed by atoms with Crippen LogP contribution >= 0.6 is 11.8 Å². The molecular formula is C19H21N5O3S. The Morgan fingerprint density at radius 2 is 1.96 bits per heavy atom. The Morgan fingerprint density at radius 3 is 2.68 bits per heavy atom. The van der Waals surface area contributed by atoms with Crippen molar-refractivity contribution in [1.82, 2.24) is 14.9 Å². The first-order chi connectivity index (χ1) is 13.6. The molecule has 0 aliphatic carbocycles. The summed E-state index contributed by atoms with van der Waals surface area (Å²) in [7, 11) is 1.59. The first kappa shape index (κ1) is 19.6. The molecule has 2 aromatic carbocycles. The number of nitrogens with zero attached hydrogens (tertiary/aromatic N) is 3. The van der Waals surface area contributed by atoms with E-state index in [4.69, 9.17) is 15.3 Å². The van der Waals surface area contributed by atoms with Gasteiger partial charge in [-0.2, -0.15) is 0 Å². The molecule has 9 heteroatoms. The van der Waals surface area contributed by atoms with Crippen LogP contribution in [0.25, 0.3) is 11.4 Å². The van der Waals surface area contributed by atoms with E-state index in [1.807, 2.05) is 31.2 Å². The molecule has 0 saturated heterocycles. The summed E-state index contributed by atoms with van der Waals surface area (Å²) in [6.07, 6.45) is 0. The fourth-order valence-electron chi connectivity index (χ4n) is 2.47. The summed E-state index contributed by atoms with van der Waals surface area (Å²) in [5.41, 5.74) is 1.48. The highest BCUT2D eigenvalue weighted by Crippen LogP contribution is 2.25. The van der Waals surface area contributed by atoms with Gasteiger partial charge in [0.2, 0.25) is 11.1 Å². The van der Waals surface area contributed by atoms with Crippen molar-refractivity contribution in [3.05, 3.63) is 48.5 Å². The molecule has 0 aliphatic rings. The smallest absolute Gasteiger partial charge is 0.234 e. The van der Waals surface area contributed by atoms with Crippen LogP contribution in [0.1, 0.15) is 6.92 Å². The zero-order valence-corrected chi connectivity index (χ0v) is 16.4. The van der Waals surface area contributed by atoms with E-state index in [2.05, 4.69) is 15.5 Å². The molecule has 0 atom stereocenters. The second-order valence-corrected chi connectivity index (χ2v) is 6.64. The van der Waals surface area contributed by atoms with Crippen LogP contribution in [0.5, 0.6) is 11.5 Å². The number of rotatable bonds is 8. The molecule has 0 unspecified atom stereocenters. The predicted octanol–water partition coefficient (Wildman–Crippen LogP) is 2.80. The highest BCUT2D eigenvalue weighted by molar-refractivity contribution is 7.99. The van der Waals surface area contributed by atoms with Gasteiger partial charge in [0.25, 0.3) is 0 Å². The lowest BCUT2D eigenvalue weighted by atomic mass is 10.2. The fourth-order valence-corrected chi connectivity index (χ4v) is 3.12. The molecule has 1 amide bonds. The second kappa shape index (κ2) is 9.14. The van der Waals surface area contributed by atoms with Crippen LogP contribution < -0.4 is 20.6 Å². The highest BCUT2D eigenvalue weighted by atomic mass is 32.2. The second-order valence-electron chi connectivity index (χ2n) is 5.70. The monoisotopic (exact) mass is 399 g/mol. The van der Waals surface area contributed by atoms with Crippen molar-refractivity contribution in [2.75, 3.05) is 30.6 Å². The Hall–Kier alpha value is -3.20. The number of amides is 1. The van der Waals surface area contributed by atoms with Crippen LogP contribution in [0.4, 0.5) is 5.69 Å². The Labute approximate surface area is 167 Å². The van der Waals surface area contributed by atoms with Crippen LogP contribution in [0, 0.1) is 0 Å². The third-order valence-electron chi connectivity index (χ3n) is 3.77. The number of thioether (sulfide) groups is 1. The molecule has 3 rings (SSSR count). The van der Waals surface area contributed by atoms with Crippen LogP contribution in [0.3, 0.4) is 0 Å². The van der Waals surface area contributed by atoms with E-state index >= 15 is 0 Å². The summed E-state index contributed by atoms with van der Waals surface area (Å²) in [6, 6.07) is 14.6. The summed E-state index contributed by atoms with van der Waals surface area (Å²) in [5.74, 6) is 8.06. The third-order valence-corrected chi connectivity index (χ3v) is 4.72. The number of benzene rings is 2. The lowest BCUT2D eigenvalue weighted by Gasteiger charge is -2.07. The summed E-state index contributed by atoms with van der Waals surface area (Å²) in [5, 5.41) is 11.5. The standard InChI is InChI=1S/C19H21N5O3S/c1-3-27-16-6-4-5-13(11-16)18-22-23-19(24(18)20)28-12-17(25)21-14-7-9-15(26-2)10-8-14/h4-11H,3,12,20H2,1-2H3,(H,21,25). The van der Waals surface area contributed by atoms with Gasteiger partial charge in [0, 0.05) is 11.3 Å². The van der Waals surface area contributed by atoms with E-state index in [-0.39, 0.29) is 11.7 Å². The molecule has 0 spiro atoms. The number of ether oxygens (including phenoxy) is 2. The largest absolute Gasteiger partial charge is 0.497 e. The third kappa shape index (κ3) is 4.74. The summed E-state index contributed by atoms with van der Waals surface area (Å²) in [4.78, 5) is 12.2. The van der Waals surface area contributed by atoms with Gasteiger partial charge in [-0.1, -0.05) is 23.9 Å². The molecular weight excluding hydrogens is 378 g/mol. The SMILES string of the molecule is CCOc1cccc(-c2nnc(SCC(=O)Nc3ccc(OC)cc3)n2N)c1. The number of carbonyl (C=O) groups is 1. The molecule has 3 N–H and O–H groups in total. The quantitative estimate of drug-likeness (QED) is 0.443. The Balaban J connectivity index is 1.62. The minimum atomic E-state index is -0.168. The minimum absolute atomic E-state index is 0.153. The maximum absolute atomic E-state index is 12.2. The molecule has 0 bridgehead atoms.